The van der Waals surface area contributed by atoms with Crippen molar-refractivity contribution in [3.05, 3.63) is 17.2 Å². The van der Waals surface area contributed by atoms with Crippen molar-refractivity contribution in [2.24, 2.45) is 5.73 Å². The zero-order valence-electron chi connectivity index (χ0n) is 8.17. The van der Waals surface area contributed by atoms with Gasteiger partial charge in [-0.1, -0.05) is 13.3 Å². The molecule has 0 amide bonds. The SMILES string of the molecule is CCCc1nc(C(N)CO)[nH]c1C. The van der Waals surface area contributed by atoms with Crippen LogP contribution in [0.2, 0.25) is 0 Å². The molecule has 1 unspecified atom stereocenters. The molecule has 4 N–H and O–H groups in total. The average Bonchev–Trinajstić information content (AvgIpc) is 2.47. The van der Waals surface area contributed by atoms with Crippen molar-refractivity contribution in [2.45, 2.75) is 32.7 Å². The number of nitrogens with one attached hydrogen (secondary N) is 1. The fraction of sp³-hybridized carbons (Fsp3) is 0.667. The first-order chi connectivity index (χ1) is 6.19. The molecule has 0 aromatic carbocycles. The number of imidazole rings is 1. The summed E-state index contributed by atoms with van der Waals surface area (Å²) in [5.74, 6) is 0.684. The highest BCUT2D eigenvalue weighted by Crippen LogP contribution is 2.11. The van der Waals surface area contributed by atoms with Crippen molar-refractivity contribution in [1.29, 1.82) is 0 Å². The number of aliphatic hydroxyl groups excluding tert-OH is 1. The molecule has 4 heteroatoms. The van der Waals surface area contributed by atoms with Crippen LogP contribution < -0.4 is 5.73 Å². The summed E-state index contributed by atoms with van der Waals surface area (Å²) in [7, 11) is 0. The summed E-state index contributed by atoms with van der Waals surface area (Å²) in [5.41, 5.74) is 7.74. The number of hydrogen-bond acceptors (Lipinski definition) is 3. The summed E-state index contributed by atoms with van der Waals surface area (Å²) < 4.78 is 0. The minimum absolute atomic E-state index is 0.0709. The van der Waals surface area contributed by atoms with E-state index in [9.17, 15) is 0 Å². The Labute approximate surface area is 78.2 Å². The second-order valence-electron chi connectivity index (χ2n) is 3.23. The third-order valence-corrected chi connectivity index (χ3v) is 2.04. The van der Waals surface area contributed by atoms with E-state index in [4.69, 9.17) is 10.8 Å². The van der Waals surface area contributed by atoms with Gasteiger partial charge < -0.3 is 15.8 Å². The number of aliphatic hydroxyl groups is 1. The van der Waals surface area contributed by atoms with Crippen molar-refractivity contribution in [3.8, 4) is 0 Å². The van der Waals surface area contributed by atoms with E-state index < -0.39 is 0 Å². The molecule has 0 aliphatic heterocycles. The van der Waals surface area contributed by atoms with E-state index in [1.807, 2.05) is 6.92 Å². The van der Waals surface area contributed by atoms with Crippen LogP contribution in [0, 0.1) is 6.92 Å². The van der Waals surface area contributed by atoms with Crippen molar-refractivity contribution >= 4 is 0 Å². The van der Waals surface area contributed by atoms with Crippen LogP contribution in [0.3, 0.4) is 0 Å². The van der Waals surface area contributed by atoms with Crippen molar-refractivity contribution in [2.75, 3.05) is 6.61 Å². The van der Waals surface area contributed by atoms with Crippen LogP contribution in [-0.4, -0.2) is 21.7 Å². The number of aryl methyl sites for hydroxylation is 2. The second-order valence-corrected chi connectivity index (χ2v) is 3.23. The van der Waals surface area contributed by atoms with Gasteiger partial charge in [-0.3, -0.25) is 0 Å². The highest BCUT2D eigenvalue weighted by molar-refractivity contribution is 5.14. The molecule has 1 rings (SSSR count). The van der Waals surface area contributed by atoms with Crippen molar-refractivity contribution < 1.29 is 5.11 Å². The first kappa shape index (κ1) is 10.2. The molecular formula is C9H17N3O. The minimum Gasteiger partial charge on any atom is -0.394 e. The van der Waals surface area contributed by atoms with Gasteiger partial charge in [0.1, 0.15) is 5.82 Å². The molecule has 4 nitrogen and oxygen atoms in total. The number of H-pyrrole nitrogens is 1. The Morgan fingerprint density at radius 1 is 1.62 bits per heavy atom. The monoisotopic (exact) mass is 183 g/mol. The first-order valence-electron chi connectivity index (χ1n) is 4.60. The zero-order valence-corrected chi connectivity index (χ0v) is 8.17. The lowest BCUT2D eigenvalue weighted by Gasteiger charge is -2.01. The van der Waals surface area contributed by atoms with Crippen LogP contribution in [0.5, 0.6) is 0 Å². The van der Waals surface area contributed by atoms with Gasteiger partial charge in [-0.2, -0.15) is 0 Å². The minimum atomic E-state index is -0.385. The molecule has 1 aromatic heterocycles. The molecule has 1 atom stereocenters. The third-order valence-electron chi connectivity index (χ3n) is 2.04. The molecule has 0 radical (unpaired) electrons. The molecule has 74 valence electrons. The van der Waals surface area contributed by atoms with Crippen LogP contribution in [0.15, 0.2) is 0 Å². The molecule has 1 heterocycles. The maximum Gasteiger partial charge on any atom is 0.125 e. The molecule has 1 aromatic rings. The van der Waals surface area contributed by atoms with Crippen molar-refractivity contribution in [1.82, 2.24) is 9.97 Å². The number of hydrogen-bond donors (Lipinski definition) is 3. The zero-order chi connectivity index (χ0) is 9.84. The molecule has 0 saturated heterocycles. The summed E-state index contributed by atoms with van der Waals surface area (Å²) in [6.07, 6.45) is 2.03. The summed E-state index contributed by atoms with van der Waals surface area (Å²) in [6, 6.07) is -0.385. The second kappa shape index (κ2) is 4.39. The van der Waals surface area contributed by atoms with Gasteiger partial charge >= 0.3 is 0 Å². The lowest BCUT2D eigenvalue weighted by atomic mass is 10.2. The van der Waals surface area contributed by atoms with Gasteiger partial charge in [0.2, 0.25) is 0 Å². The molecule has 0 aliphatic rings. The Morgan fingerprint density at radius 3 is 2.85 bits per heavy atom. The van der Waals surface area contributed by atoms with E-state index in [0.29, 0.717) is 5.82 Å². The smallest absolute Gasteiger partial charge is 0.125 e. The van der Waals surface area contributed by atoms with Gasteiger partial charge in [0, 0.05) is 5.69 Å². The van der Waals surface area contributed by atoms with Gasteiger partial charge in [-0.25, -0.2) is 4.98 Å². The molecular weight excluding hydrogens is 166 g/mol. The number of nitrogens with two attached hydrogens (primary N) is 1. The van der Waals surface area contributed by atoms with Gasteiger partial charge in [-0.15, -0.1) is 0 Å². The maximum absolute atomic E-state index is 8.83. The molecule has 0 aliphatic carbocycles. The summed E-state index contributed by atoms with van der Waals surface area (Å²) in [5, 5.41) is 8.83. The van der Waals surface area contributed by atoms with E-state index in [2.05, 4.69) is 16.9 Å². The number of aromatic nitrogens is 2. The summed E-state index contributed by atoms with van der Waals surface area (Å²) in [6.45, 7) is 4.02. The molecule has 0 spiro atoms. The standard InChI is InChI=1S/C9H17N3O/c1-3-4-8-6(2)11-9(12-8)7(10)5-13/h7,13H,3-5,10H2,1-2H3,(H,11,12). The Kier molecular flexibility index (Phi) is 3.45. The fourth-order valence-electron chi connectivity index (χ4n) is 1.26. The van der Waals surface area contributed by atoms with Crippen LogP contribution in [0.25, 0.3) is 0 Å². The predicted molar refractivity (Wildman–Crippen MR) is 51.3 cm³/mol. The Bertz CT molecular complexity index is 270. The van der Waals surface area contributed by atoms with Gasteiger partial charge in [0.05, 0.1) is 18.3 Å². The highest BCUT2D eigenvalue weighted by atomic mass is 16.3. The van der Waals surface area contributed by atoms with E-state index in [0.717, 1.165) is 24.2 Å². The molecule has 0 saturated carbocycles. The summed E-state index contributed by atoms with van der Waals surface area (Å²) >= 11 is 0. The van der Waals surface area contributed by atoms with Crippen LogP contribution in [0.4, 0.5) is 0 Å². The largest absolute Gasteiger partial charge is 0.394 e. The Morgan fingerprint density at radius 2 is 2.31 bits per heavy atom. The molecule has 13 heavy (non-hydrogen) atoms. The van der Waals surface area contributed by atoms with E-state index in [1.54, 1.807) is 0 Å². The Balaban J connectivity index is 2.81. The lowest BCUT2D eigenvalue weighted by Crippen LogP contribution is -2.16. The first-order valence-corrected chi connectivity index (χ1v) is 4.60. The van der Waals surface area contributed by atoms with E-state index >= 15 is 0 Å². The Hall–Kier alpha value is -0.870. The maximum atomic E-state index is 8.83. The topological polar surface area (TPSA) is 74.9 Å². The van der Waals surface area contributed by atoms with Gasteiger partial charge in [0.25, 0.3) is 0 Å². The van der Waals surface area contributed by atoms with Crippen molar-refractivity contribution in [3.63, 3.8) is 0 Å². The van der Waals surface area contributed by atoms with Crippen LogP contribution >= 0.6 is 0 Å². The quantitative estimate of drug-likeness (QED) is 0.642. The van der Waals surface area contributed by atoms with E-state index in [1.165, 1.54) is 0 Å². The fourth-order valence-corrected chi connectivity index (χ4v) is 1.26. The van der Waals surface area contributed by atoms with Gasteiger partial charge in [0.15, 0.2) is 0 Å². The van der Waals surface area contributed by atoms with Crippen LogP contribution in [0.1, 0.15) is 36.6 Å². The highest BCUT2D eigenvalue weighted by Gasteiger charge is 2.11. The predicted octanol–water partition coefficient (Wildman–Crippen LogP) is 0.663. The number of aromatic amines is 1. The normalized spacial score (nSPS) is 13.2. The van der Waals surface area contributed by atoms with E-state index in [-0.39, 0.29) is 12.6 Å². The van der Waals surface area contributed by atoms with Crippen LogP contribution in [-0.2, 0) is 6.42 Å². The number of rotatable bonds is 4. The molecule has 0 bridgehead atoms. The average molecular weight is 183 g/mol. The number of nitrogens with zero attached hydrogens (tertiary/aromatic N) is 1. The third kappa shape index (κ3) is 2.29. The summed E-state index contributed by atoms with van der Waals surface area (Å²) in [4.78, 5) is 7.41. The molecule has 0 fully saturated rings. The lowest BCUT2D eigenvalue weighted by molar-refractivity contribution is 0.264. The van der Waals surface area contributed by atoms with Gasteiger partial charge in [-0.05, 0) is 13.3 Å².